The minimum Gasteiger partial charge on any atom is -0.466 e. The molecule has 3 rings (SSSR count). The summed E-state index contributed by atoms with van der Waals surface area (Å²) in [6.45, 7) is 9.09. The van der Waals surface area contributed by atoms with Crippen LogP contribution in [0.1, 0.15) is 57.2 Å². The van der Waals surface area contributed by atoms with Crippen molar-refractivity contribution in [3.8, 4) is 0 Å². The van der Waals surface area contributed by atoms with Crippen molar-refractivity contribution >= 4 is 12.0 Å². The number of carbonyl (C=O) groups is 1. The van der Waals surface area contributed by atoms with Crippen molar-refractivity contribution in [3.05, 3.63) is 59.9 Å². The summed E-state index contributed by atoms with van der Waals surface area (Å²) >= 11 is 0. The standard InChI is InChI=1S/C24H33N3O2/c1-4-29-23(28)24(13-8-12-21-10-6-5-7-11-21)14-9-15-26(19-24)17-22-16-25-27(18-22)20(2)3/h5-8,10-12,16,18,20H,4,9,13-15,17,19H2,1-3H3/b12-8+/t24-/m1/s1. The summed E-state index contributed by atoms with van der Waals surface area (Å²) in [6.07, 6.45) is 10.8. The molecule has 29 heavy (non-hydrogen) atoms. The summed E-state index contributed by atoms with van der Waals surface area (Å²) in [5.41, 5.74) is 1.87. The molecule has 0 radical (unpaired) electrons. The van der Waals surface area contributed by atoms with Crippen molar-refractivity contribution in [1.29, 1.82) is 0 Å². The summed E-state index contributed by atoms with van der Waals surface area (Å²) in [5.74, 6) is -0.0692. The van der Waals surface area contributed by atoms with Crippen LogP contribution in [0.2, 0.25) is 0 Å². The lowest BCUT2D eigenvalue weighted by Crippen LogP contribution is -2.48. The predicted octanol–water partition coefficient (Wildman–Crippen LogP) is 4.71. The van der Waals surface area contributed by atoms with Gasteiger partial charge in [0.2, 0.25) is 0 Å². The van der Waals surface area contributed by atoms with Gasteiger partial charge in [-0.2, -0.15) is 5.10 Å². The second kappa shape index (κ2) is 9.88. The number of hydrogen-bond donors (Lipinski definition) is 0. The Balaban J connectivity index is 1.72. The molecule has 1 saturated heterocycles. The topological polar surface area (TPSA) is 47.4 Å². The highest BCUT2D eigenvalue weighted by atomic mass is 16.5. The highest BCUT2D eigenvalue weighted by molar-refractivity contribution is 5.77. The summed E-state index contributed by atoms with van der Waals surface area (Å²) < 4.78 is 7.49. The molecule has 1 aromatic carbocycles. The number of ether oxygens (including phenoxy) is 1. The highest BCUT2D eigenvalue weighted by Gasteiger charge is 2.42. The fourth-order valence-corrected chi connectivity index (χ4v) is 4.05. The number of likely N-dealkylation sites (tertiary alicyclic amines) is 1. The van der Waals surface area contributed by atoms with Gasteiger partial charge in [-0.05, 0) is 52.1 Å². The third-order valence-electron chi connectivity index (χ3n) is 5.57. The Morgan fingerprint density at radius 1 is 1.31 bits per heavy atom. The molecular weight excluding hydrogens is 362 g/mol. The van der Waals surface area contributed by atoms with Crippen LogP contribution in [0.5, 0.6) is 0 Å². The van der Waals surface area contributed by atoms with Crippen LogP contribution in [-0.4, -0.2) is 40.3 Å². The summed E-state index contributed by atoms with van der Waals surface area (Å²) in [6, 6.07) is 10.6. The number of hydrogen-bond acceptors (Lipinski definition) is 4. The molecule has 1 aromatic heterocycles. The molecule has 2 heterocycles. The molecule has 1 aliphatic heterocycles. The SMILES string of the molecule is CCOC(=O)[C@]1(C/C=C/c2ccccc2)CCCN(Cc2cnn(C(C)C)c2)C1. The van der Waals surface area contributed by atoms with Crippen LogP contribution < -0.4 is 0 Å². The maximum atomic E-state index is 13.0. The van der Waals surface area contributed by atoms with E-state index in [1.165, 1.54) is 5.56 Å². The smallest absolute Gasteiger partial charge is 0.313 e. The van der Waals surface area contributed by atoms with E-state index >= 15 is 0 Å². The molecule has 5 nitrogen and oxygen atoms in total. The lowest BCUT2D eigenvalue weighted by Gasteiger charge is -2.40. The van der Waals surface area contributed by atoms with Gasteiger partial charge in [-0.25, -0.2) is 0 Å². The van der Waals surface area contributed by atoms with Gasteiger partial charge in [-0.3, -0.25) is 14.4 Å². The number of benzene rings is 1. The van der Waals surface area contributed by atoms with Crippen LogP contribution in [0, 0.1) is 5.41 Å². The average molecular weight is 396 g/mol. The van der Waals surface area contributed by atoms with Crippen molar-refractivity contribution in [1.82, 2.24) is 14.7 Å². The second-order valence-corrected chi connectivity index (χ2v) is 8.25. The van der Waals surface area contributed by atoms with E-state index in [9.17, 15) is 4.79 Å². The number of piperidine rings is 1. The first-order valence-electron chi connectivity index (χ1n) is 10.7. The van der Waals surface area contributed by atoms with Crippen LogP contribution >= 0.6 is 0 Å². The van der Waals surface area contributed by atoms with Crippen molar-refractivity contribution in [2.45, 2.75) is 52.6 Å². The van der Waals surface area contributed by atoms with E-state index in [0.717, 1.165) is 38.0 Å². The molecule has 0 N–H and O–H groups in total. The molecule has 156 valence electrons. The quantitative estimate of drug-likeness (QED) is 0.607. The van der Waals surface area contributed by atoms with Gasteiger partial charge in [0.1, 0.15) is 0 Å². The van der Waals surface area contributed by atoms with E-state index in [1.54, 1.807) is 0 Å². The fraction of sp³-hybridized carbons (Fsp3) is 0.500. The van der Waals surface area contributed by atoms with Crippen LogP contribution in [0.4, 0.5) is 0 Å². The number of aromatic nitrogens is 2. The van der Waals surface area contributed by atoms with E-state index < -0.39 is 5.41 Å². The zero-order chi connectivity index (χ0) is 20.7. The Morgan fingerprint density at radius 3 is 2.79 bits per heavy atom. The predicted molar refractivity (Wildman–Crippen MR) is 116 cm³/mol. The zero-order valence-corrected chi connectivity index (χ0v) is 17.9. The van der Waals surface area contributed by atoms with E-state index in [4.69, 9.17) is 4.74 Å². The number of esters is 1. The van der Waals surface area contributed by atoms with E-state index in [1.807, 2.05) is 36.0 Å². The normalized spacial score (nSPS) is 20.4. The van der Waals surface area contributed by atoms with Crippen molar-refractivity contribution in [2.24, 2.45) is 5.41 Å². The number of allylic oxidation sites excluding steroid dienone is 1. The molecule has 5 heteroatoms. The van der Waals surface area contributed by atoms with E-state index in [0.29, 0.717) is 19.1 Å². The van der Waals surface area contributed by atoms with E-state index in [2.05, 4.69) is 54.3 Å². The van der Waals surface area contributed by atoms with Gasteiger partial charge >= 0.3 is 5.97 Å². The molecule has 1 fully saturated rings. The molecule has 0 amide bonds. The summed E-state index contributed by atoms with van der Waals surface area (Å²) in [4.78, 5) is 15.3. The third-order valence-corrected chi connectivity index (χ3v) is 5.57. The van der Waals surface area contributed by atoms with Crippen LogP contribution in [-0.2, 0) is 16.1 Å². The van der Waals surface area contributed by atoms with Crippen molar-refractivity contribution < 1.29 is 9.53 Å². The van der Waals surface area contributed by atoms with Crippen molar-refractivity contribution in [2.75, 3.05) is 19.7 Å². The highest BCUT2D eigenvalue weighted by Crippen LogP contribution is 2.36. The van der Waals surface area contributed by atoms with Gasteiger partial charge in [0.05, 0.1) is 18.2 Å². The Bertz CT molecular complexity index is 813. The molecule has 0 bridgehead atoms. The molecule has 2 aromatic rings. The Hall–Kier alpha value is -2.40. The van der Waals surface area contributed by atoms with Crippen LogP contribution in [0.25, 0.3) is 6.08 Å². The zero-order valence-electron chi connectivity index (χ0n) is 17.9. The molecule has 0 saturated carbocycles. The van der Waals surface area contributed by atoms with Gasteiger partial charge in [-0.1, -0.05) is 42.5 Å². The van der Waals surface area contributed by atoms with Crippen molar-refractivity contribution in [3.63, 3.8) is 0 Å². The minimum absolute atomic E-state index is 0.0692. The monoisotopic (exact) mass is 395 g/mol. The lowest BCUT2D eigenvalue weighted by molar-refractivity contribution is -0.159. The molecule has 0 aliphatic carbocycles. The maximum absolute atomic E-state index is 13.0. The molecule has 0 unspecified atom stereocenters. The molecule has 1 aliphatic rings. The first kappa shape index (κ1) is 21.3. The Morgan fingerprint density at radius 2 is 2.10 bits per heavy atom. The first-order chi connectivity index (χ1) is 14.0. The van der Waals surface area contributed by atoms with E-state index in [-0.39, 0.29) is 5.97 Å². The number of rotatable bonds is 8. The fourth-order valence-electron chi connectivity index (χ4n) is 4.05. The minimum atomic E-state index is -0.479. The van der Waals surface area contributed by atoms with Gasteiger partial charge in [0, 0.05) is 30.9 Å². The maximum Gasteiger partial charge on any atom is 0.313 e. The number of nitrogens with zero attached hydrogens (tertiary/aromatic N) is 3. The molecular formula is C24H33N3O2. The number of carbonyl (C=O) groups excluding carboxylic acids is 1. The molecule has 1 atom stereocenters. The van der Waals surface area contributed by atoms with Gasteiger partial charge in [0.25, 0.3) is 0 Å². The van der Waals surface area contributed by atoms with Gasteiger partial charge < -0.3 is 4.74 Å². The summed E-state index contributed by atoms with van der Waals surface area (Å²) in [7, 11) is 0. The van der Waals surface area contributed by atoms with Gasteiger partial charge in [0.15, 0.2) is 0 Å². The van der Waals surface area contributed by atoms with Crippen LogP contribution in [0.3, 0.4) is 0 Å². The average Bonchev–Trinajstić information content (AvgIpc) is 3.18. The van der Waals surface area contributed by atoms with Crippen LogP contribution in [0.15, 0.2) is 48.8 Å². The largest absolute Gasteiger partial charge is 0.466 e. The second-order valence-electron chi connectivity index (χ2n) is 8.25. The molecule has 0 spiro atoms. The Kier molecular flexibility index (Phi) is 7.26. The third kappa shape index (κ3) is 5.57. The van der Waals surface area contributed by atoms with Gasteiger partial charge in [-0.15, -0.1) is 0 Å². The Labute approximate surface area is 174 Å². The summed E-state index contributed by atoms with van der Waals surface area (Å²) in [5, 5.41) is 4.45. The first-order valence-corrected chi connectivity index (χ1v) is 10.7. The lowest BCUT2D eigenvalue weighted by atomic mass is 9.76.